The van der Waals surface area contributed by atoms with E-state index in [4.69, 9.17) is 9.72 Å². The first-order valence-corrected chi connectivity index (χ1v) is 12.0. The van der Waals surface area contributed by atoms with E-state index < -0.39 is 0 Å². The van der Waals surface area contributed by atoms with Crippen molar-refractivity contribution in [1.82, 2.24) is 25.1 Å². The number of amides is 1. The van der Waals surface area contributed by atoms with Gasteiger partial charge in [0, 0.05) is 13.2 Å². The number of ether oxygens (including phenoxy) is 1. The van der Waals surface area contributed by atoms with Crippen LogP contribution in [-0.2, 0) is 23.0 Å². The molecule has 4 rings (SSSR count). The topological polar surface area (TPSA) is 102 Å². The Morgan fingerprint density at radius 1 is 1.18 bits per heavy atom. The van der Waals surface area contributed by atoms with Gasteiger partial charge in [-0.3, -0.25) is 14.3 Å². The van der Waals surface area contributed by atoms with Gasteiger partial charge in [-0.25, -0.2) is 4.98 Å². The Balaban J connectivity index is 1.62. The van der Waals surface area contributed by atoms with Gasteiger partial charge < -0.3 is 15.0 Å². The Morgan fingerprint density at radius 2 is 1.94 bits per heavy atom. The highest BCUT2D eigenvalue weighted by Gasteiger charge is 2.29. The number of aromatic nitrogens is 4. The number of carbonyl (C=O) groups excluding carboxylic acids is 2. The zero-order chi connectivity index (χ0) is 23.2. The molecule has 0 saturated heterocycles. The van der Waals surface area contributed by atoms with Crippen LogP contribution in [0.4, 0.5) is 0 Å². The highest BCUT2D eigenvalue weighted by molar-refractivity contribution is 5.92. The van der Waals surface area contributed by atoms with E-state index in [2.05, 4.69) is 15.4 Å². The maximum Gasteiger partial charge on any atom is 0.310 e. The van der Waals surface area contributed by atoms with Gasteiger partial charge in [-0.1, -0.05) is 38.2 Å². The van der Waals surface area contributed by atoms with Crippen molar-refractivity contribution in [3.8, 4) is 0 Å². The monoisotopic (exact) mass is 451 g/mol. The van der Waals surface area contributed by atoms with E-state index in [0.29, 0.717) is 18.2 Å². The number of benzene rings is 1. The average molecular weight is 452 g/mol. The lowest BCUT2D eigenvalue weighted by Gasteiger charge is -2.28. The van der Waals surface area contributed by atoms with Crippen LogP contribution in [0.25, 0.3) is 11.0 Å². The molecule has 0 unspecified atom stereocenters. The lowest BCUT2D eigenvalue weighted by Crippen LogP contribution is -2.35. The Labute approximate surface area is 194 Å². The van der Waals surface area contributed by atoms with Crippen LogP contribution < -0.4 is 5.32 Å². The van der Waals surface area contributed by atoms with E-state index in [1.165, 1.54) is 19.3 Å². The lowest BCUT2D eigenvalue weighted by atomic mass is 9.85. The molecule has 1 amide bonds. The summed E-state index contributed by atoms with van der Waals surface area (Å²) >= 11 is 0. The minimum Gasteiger partial charge on any atom is -0.466 e. The van der Waals surface area contributed by atoms with Gasteiger partial charge in [-0.05, 0) is 49.4 Å². The summed E-state index contributed by atoms with van der Waals surface area (Å²) in [6.45, 7) is 2.17. The van der Waals surface area contributed by atoms with Gasteiger partial charge in [0.05, 0.1) is 30.1 Å². The summed E-state index contributed by atoms with van der Waals surface area (Å²) in [7, 11) is 1.77. The van der Waals surface area contributed by atoms with Gasteiger partial charge in [0.25, 0.3) is 5.91 Å². The summed E-state index contributed by atoms with van der Waals surface area (Å²) in [5, 5.41) is 7.38. The molecule has 1 aliphatic carbocycles. The standard InChI is InChI=1S/C25H33N5O3/c1-3-33-22(31)16-17-11-12-19-20(15-17)28-24(27-19)23(18-9-7-5-4-6-8-10-18)29-25(32)21-13-14-26-30(21)2/h11-15,18,23H,3-10,16H2,1-2H3,(H,27,28)(H,29,32)/t23-/m0/s1. The van der Waals surface area contributed by atoms with Gasteiger partial charge in [0.15, 0.2) is 0 Å². The quantitative estimate of drug-likeness (QED) is 0.523. The molecule has 0 radical (unpaired) electrons. The van der Waals surface area contributed by atoms with Crippen molar-refractivity contribution in [2.45, 2.75) is 64.3 Å². The van der Waals surface area contributed by atoms with Crippen molar-refractivity contribution in [3.63, 3.8) is 0 Å². The minimum absolute atomic E-state index is 0.148. The summed E-state index contributed by atoms with van der Waals surface area (Å²) in [6.07, 6.45) is 10.0. The molecule has 2 N–H and O–H groups in total. The molecule has 3 aromatic rings. The molecule has 8 nitrogen and oxygen atoms in total. The minimum atomic E-state index is -0.243. The Kier molecular flexibility index (Phi) is 7.42. The Hall–Kier alpha value is -3.16. The molecular formula is C25H33N5O3. The smallest absolute Gasteiger partial charge is 0.310 e. The predicted octanol–water partition coefficient (Wildman–Crippen LogP) is 4.23. The lowest BCUT2D eigenvalue weighted by molar-refractivity contribution is -0.142. The number of aromatic amines is 1. The first-order chi connectivity index (χ1) is 16.0. The van der Waals surface area contributed by atoms with Crippen molar-refractivity contribution in [3.05, 3.63) is 47.5 Å². The molecule has 176 valence electrons. The predicted molar refractivity (Wildman–Crippen MR) is 126 cm³/mol. The third-order valence-electron chi connectivity index (χ3n) is 6.47. The highest BCUT2D eigenvalue weighted by atomic mass is 16.5. The number of hydrogen-bond acceptors (Lipinski definition) is 5. The summed E-state index contributed by atoms with van der Waals surface area (Å²) in [5.74, 6) is 0.680. The van der Waals surface area contributed by atoms with Crippen molar-refractivity contribution >= 4 is 22.9 Å². The molecule has 1 atom stereocenters. The van der Waals surface area contributed by atoms with E-state index in [9.17, 15) is 9.59 Å². The molecular weight excluding hydrogens is 418 g/mol. The van der Waals surface area contributed by atoms with Gasteiger partial charge in [0.2, 0.25) is 0 Å². The summed E-state index contributed by atoms with van der Waals surface area (Å²) < 4.78 is 6.66. The third kappa shape index (κ3) is 5.61. The Bertz CT molecular complexity index is 1090. The number of esters is 1. The number of aryl methyl sites for hydroxylation is 1. The van der Waals surface area contributed by atoms with Gasteiger partial charge in [0.1, 0.15) is 11.5 Å². The van der Waals surface area contributed by atoms with Crippen molar-refractivity contribution < 1.29 is 14.3 Å². The van der Waals surface area contributed by atoms with E-state index in [1.54, 1.807) is 30.9 Å². The number of nitrogens with one attached hydrogen (secondary N) is 2. The number of fused-ring (bicyclic) bond motifs is 1. The molecule has 33 heavy (non-hydrogen) atoms. The maximum atomic E-state index is 13.1. The van der Waals surface area contributed by atoms with Crippen molar-refractivity contribution in [1.29, 1.82) is 0 Å². The first-order valence-electron chi connectivity index (χ1n) is 12.0. The molecule has 1 aliphatic rings. The number of hydrogen-bond donors (Lipinski definition) is 2. The van der Waals surface area contributed by atoms with Gasteiger partial charge in [-0.2, -0.15) is 5.10 Å². The van der Waals surface area contributed by atoms with Crippen LogP contribution >= 0.6 is 0 Å². The zero-order valence-corrected chi connectivity index (χ0v) is 19.5. The summed E-state index contributed by atoms with van der Waals surface area (Å²) in [4.78, 5) is 33.3. The number of imidazole rings is 1. The summed E-state index contributed by atoms with van der Waals surface area (Å²) in [6, 6.07) is 7.28. The second kappa shape index (κ2) is 10.6. The molecule has 2 aromatic heterocycles. The largest absolute Gasteiger partial charge is 0.466 e. The van der Waals surface area contributed by atoms with Gasteiger partial charge in [-0.15, -0.1) is 0 Å². The molecule has 1 aromatic carbocycles. The first kappa shape index (κ1) is 23.0. The molecule has 8 heteroatoms. The van der Waals surface area contributed by atoms with Crippen LogP contribution in [0.5, 0.6) is 0 Å². The van der Waals surface area contributed by atoms with E-state index >= 15 is 0 Å². The molecule has 0 bridgehead atoms. The van der Waals surface area contributed by atoms with Crippen LogP contribution in [0.2, 0.25) is 0 Å². The van der Waals surface area contributed by atoms with Crippen LogP contribution in [0.3, 0.4) is 0 Å². The third-order valence-corrected chi connectivity index (χ3v) is 6.47. The van der Waals surface area contributed by atoms with Crippen LogP contribution in [0.1, 0.15) is 79.8 Å². The van der Waals surface area contributed by atoms with Crippen molar-refractivity contribution in [2.75, 3.05) is 6.61 Å². The molecule has 1 saturated carbocycles. The normalized spacial score (nSPS) is 16.2. The average Bonchev–Trinajstić information content (AvgIpc) is 3.38. The van der Waals surface area contributed by atoms with Crippen molar-refractivity contribution in [2.24, 2.45) is 13.0 Å². The molecule has 0 aliphatic heterocycles. The maximum absolute atomic E-state index is 13.1. The Morgan fingerprint density at radius 3 is 2.64 bits per heavy atom. The van der Waals surface area contributed by atoms with Crippen LogP contribution in [-0.4, -0.2) is 38.2 Å². The van der Waals surface area contributed by atoms with Crippen LogP contribution in [0.15, 0.2) is 30.5 Å². The fraction of sp³-hybridized carbons (Fsp3) is 0.520. The second-order valence-corrected chi connectivity index (χ2v) is 8.85. The summed E-state index contributed by atoms with van der Waals surface area (Å²) in [5.41, 5.74) is 3.08. The highest BCUT2D eigenvalue weighted by Crippen LogP contribution is 2.33. The molecule has 2 heterocycles. The van der Waals surface area contributed by atoms with E-state index in [1.807, 2.05) is 18.2 Å². The molecule has 1 fully saturated rings. The number of H-pyrrole nitrogens is 1. The SMILES string of the molecule is CCOC(=O)Cc1ccc2nc([C@@H](NC(=O)c3ccnn3C)C3CCCCCCC3)[nH]c2c1. The fourth-order valence-corrected chi connectivity index (χ4v) is 4.75. The molecule has 0 spiro atoms. The fourth-order valence-electron chi connectivity index (χ4n) is 4.75. The van der Waals surface area contributed by atoms with E-state index in [0.717, 1.165) is 48.1 Å². The van der Waals surface area contributed by atoms with Gasteiger partial charge >= 0.3 is 5.97 Å². The van der Waals surface area contributed by atoms with E-state index in [-0.39, 0.29) is 24.3 Å². The second-order valence-electron chi connectivity index (χ2n) is 8.85. The number of nitrogens with zero attached hydrogens (tertiary/aromatic N) is 3. The number of rotatable bonds is 7. The number of carbonyl (C=O) groups is 2. The van der Waals surface area contributed by atoms with Crippen LogP contribution in [0, 0.1) is 5.92 Å². The zero-order valence-electron chi connectivity index (χ0n) is 19.5.